The largest absolute Gasteiger partial charge is 0.243 e. The quantitative estimate of drug-likeness (QED) is 0.407. The normalized spacial score (nSPS) is 30.7. The fourth-order valence-corrected chi connectivity index (χ4v) is 0.656. The van der Waals surface area contributed by atoms with Gasteiger partial charge >= 0.3 is 0 Å². The van der Waals surface area contributed by atoms with Gasteiger partial charge in [-0.1, -0.05) is 12.2 Å². The molecule has 0 saturated carbocycles. The van der Waals surface area contributed by atoms with Crippen LogP contribution in [0.4, 0.5) is 4.39 Å². The Morgan fingerprint density at radius 1 is 1.57 bits per heavy atom. The topological polar surface area (TPSA) is 0 Å². The molecule has 1 radical (unpaired) electrons. The molecule has 0 saturated heterocycles. The zero-order valence-electron chi connectivity index (χ0n) is 4.10. The van der Waals surface area contributed by atoms with Gasteiger partial charge in [0.15, 0.2) is 0 Å². The average molecular weight is 99.1 g/mol. The summed E-state index contributed by atoms with van der Waals surface area (Å²) < 4.78 is 12.1. The molecule has 1 unspecified atom stereocenters. The summed E-state index contributed by atoms with van der Waals surface area (Å²) in [6, 6.07) is 0. The Labute approximate surface area is 43.0 Å². The summed E-state index contributed by atoms with van der Waals surface area (Å²) in [4.78, 5) is 0. The van der Waals surface area contributed by atoms with Gasteiger partial charge < -0.3 is 0 Å². The molecule has 0 spiro atoms. The lowest BCUT2D eigenvalue weighted by Gasteiger charge is -2.04. The maximum Gasteiger partial charge on any atom is 0.119 e. The van der Waals surface area contributed by atoms with E-state index in [1.54, 1.807) is 6.08 Å². The van der Waals surface area contributed by atoms with Crippen molar-refractivity contribution in [2.75, 3.05) is 0 Å². The molecule has 0 amide bonds. The standard InChI is InChI=1S/C6H8F/c7-6-4-2-1-3-5-6/h2-4,6H,1,5H2. The van der Waals surface area contributed by atoms with E-state index in [0.717, 1.165) is 6.42 Å². The second-order valence-electron chi connectivity index (χ2n) is 1.70. The van der Waals surface area contributed by atoms with Crippen LogP contribution >= 0.6 is 0 Å². The van der Waals surface area contributed by atoms with Crippen LogP contribution in [0.3, 0.4) is 0 Å². The van der Waals surface area contributed by atoms with Crippen molar-refractivity contribution < 1.29 is 4.39 Å². The Morgan fingerprint density at radius 2 is 2.43 bits per heavy atom. The van der Waals surface area contributed by atoms with Crippen LogP contribution in [0, 0.1) is 6.42 Å². The Hall–Kier alpha value is -0.330. The van der Waals surface area contributed by atoms with Crippen molar-refractivity contribution in [2.24, 2.45) is 0 Å². The first kappa shape index (κ1) is 4.82. The van der Waals surface area contributed by atoms with Crippen molar-refractivity contribution in [1.82, 2.24) is 0 Å². The summed E-state index contributed by atoms with van der Waals surface area (Å²) in [7, 11) is 0. The Balaban J connectivity index is 2.36. The molecular weight excluding hydrogens is 91.1 g/mol. The van der Waals surface area contributed by atoms with Gasteiger partial charge in [-0.3, -0.25) is 0 Å². The van der Waals surface area contributed by atoms with Crippen molar-refractivity contribution in [3.05, 3.63) is 18.6 Å². The third kappa shape index (κ3) is 1.30. The molecule has 39 valence electrons. The van der Waals surface area contributed by atoms with Crippen LogP contribution in [0.1, 0.15) is 12.8 Å². The van der Waals surface area contributed by atoms with Crippen molar-refractivity contribution >= 4 is 0 Å². The first-order chi connectivity index (χ1) is 3.39. The van der Waals surface area contributed by atoms with Gasteiger partial charge in [-0.2, -0.15) is 0 Å². The van der Waals surface area contributed by atoms with Crippen molar-refractivity contribution in [2.45, 2.75) is 19.0 Å². The monoisotopic (exact) mass is 99.1 g/mol. The molecule has 0 aromatic rings. The van der Waals surface area contributed by atoms with Crippen LogP contribution in [0.25, 0.3) is 0 Å². The predicted octanol–water partition coefficient (Wildman–Crippen LogP) is 1.88. The van der Waals surface area contributed by atoms with E-state index in [1.807, 2.05) is 12.5 Å². The Bertz CT molecular complexity index is 76.2. The van der Waals surface area contributed by atoms with Gasteiger partial charge in [-0.15, -0.1) is 0 Å². The second kappa shape index (κ2) is 2.10. The summed E-state index contributed by atoms with van der Waals surface area (Å²) in [5.74, 6) is 0. The second-order valence-corrected chi connectivity index (χ2v) is 1.70. The summed E-state index contributed by atoms with van der Waals surface area (Å²) in [6.45, 7) is 0. The van der Waals surface area contributed by atoms with Crippen LogP contribution in [-0.2, 0) is 0 Å². The summed E-state index contributed by atoms with van der Waals surface area (Å²) >= 11 is 0. The highest BCUT2D eigenvalue weighted by molar-refractivity contribution is 4.99. The molecule has 0 N–H and O–H groups in total. The van der Waals surface area contributed by atoms with E-state index in [0.29, 0.717) is 6.42 Å². The van der Waals surface area contributed by atoms with Crippen LogP contribution in [-0.4, -0.2) is 6.17 Å². The number of allylic oxidation sites excluding steroid dienone is 2. The third-order valence-corrected chi connectivity index (χ3v) is 1.04. The highest BCUT2D eigenvalue weighted by atomic mass is 19.1. The number of hydrogen-bond acceptors (Lipinski definition) is 0. The SMILES string of the molecule is FC1C=CC[CH]C1. The molecule has 0 nitrogen and oxygen atoms in total. The van der Waals surface area contributed by atoms with E-state index in [1.165, 1.54) is 0 Å². The molecule has 1 atom stereocenters. The van der Waals surface area contributed by atoms with Crippen LogP contribution in [0.2, 0.25) is 0 Å². The Morgan fingerprint density at radius 3 is 2.71 bits per heavy atom. The summed E-state index contributed by atoms with van der Waals surface area (Å²) in [5, 5.41) is 0. The van der Waals surface area contributed by atoms with E-state index in [9.17, 15) is 4.39 Å². The molecule has 0 fully saturated rings. The van der Waals surface area contributed by atoms with Gasteiger partial charge in [0.1, 0.15) is 6.17 Å². The maximum atomic E-state index is 12.1. The number of rotatable bonds is 0. The molecule has 0 aromatic heterocycles. The molecule has 1 rings (SSSR count). The first-order valence-corrected chi connectivity index (χ1v) is 2.52. The first-order valence-electron chi connectivity index (χ1n) is 2.52. The minimum Gasteiger partial charge on any atom is -0.243 e. The van der Waals surface area contributed by atoms with Gasteiger partial charge in [0.25, 0.3) is 0 Å². The lowest BCUT2D eigenvalue weighted by Crippen LogP contribution is -1.98. The van der Waals surface area contributed by atoms with Crippen molar-refractivity contribution in [1.29, 1.82) is 0 Å². The van der Waals surface area contributed by atoms with Crippen LogP contribution in [0.15, 0.2) is 12.2 Å². The smallest absolute Gasteiger partial charge is 0.119 e. The van der Waals surface area contributed by atoms with Gasteiger partial charge in [-0.05, 0) is 19.3 Å². The number of hydrogen-bond donors (Lipinski definition) is 0. The Kier molecular flexibility index (Phi) is 1.45. The highest BCUT2D eigenvalue weighted by Crippen LogP contribution is 2.11. The van der Waals surface area contributed by atoms with E-state index < -0.39 is 6.17 Å². The molecule has 1 aliphatic carbocycles. The summed E-state index contributed by atoms with van der Waals surface area (Å²) in [5.41, 5.74) is 0. The molecular formula is C6H8F. The van der Waals surface area contributed by atoms with Gasteiger partial charge in [-0.25, -0.2) is 4.39 Å². The average Bonchev–Trinajstić information content (AvgIpc) is 1.69. The highest BCUT2D eigenvalue weighted by Gasteiger charge is 2.03. The van der Waals surface area contributed by atoms with Gasteiger partial charge in [0, 0.05) is 0 Å². The van der Waals surface area contributed by atoms with Crippen molar-refractivity contribution in [3.8, 4) is 0 Å². The van der Waals surface area contributed by atoms with Crippen LogP contribution < -0.4 is 0 Å². The molecule has 1 heteroatoms. The molecule has 0 bridgehead atoms. The fourth-order valence-electron chi connectivity index (χ4n) is 0.656. The third-order valence-electron chi connectivity index (χ3n) is 1.04. The minimum atomic E-state index is -0.700. The molecule has 0 aromatic carbocycles. The molecule has 0 aliphatic heterocycles. The number of alkyl halides is 1. The lowest BCUT2D eigenvalue weighted by molar-refractivity contribution is 0.387. The maximum absolute atomic E-state index is 12.1. The molecule has 1 aliphatic rings. The van der Waals surface area contributed by atoms with E-state index in [2.05, 4.69) is 0 Å². The zero-order valence-corrected chi connectivity index (χ0v) is 4.10. The van der Waals surface area contributed by atoms with Crippen molar-refractivity contribution in [3.63, 3.8) is 0 Å². The predicted molar refractivity (Wildman–Crippen MR) is 27.6 cm³/mol. The van der Waals surface area contributed by atoms with E-state index >= 15 is 0 Å². The lowest BCUT2D eigenvalue weighted by atomic mass is 10.1. The van der Waals surface area contributed by atoms with Gasteiger partial charge in [0.2, 0.25) is 0 Å². The van der Waals surface area contributed by atoms with Gasteiger partial charge in [0.05, 0.1) is 0 Å². The van der Waals surface area contributed by atoms with E-state index in [4.69, 9.17) is 0 Å². The molecule has 0 heterocycles. The zero-order chi connectivity index (χ0) is 5.11. The minimum absolute atomic E-state index is 0.608. The summed E-state index contributed by atoms with van der Waals surface area (Å²) in [6.07, 6.45) is 6.27. The number of halogens is 1. The van der Waals surface area contributed by atoms with E-state index in [-0.39, 0.29) is 0 Å². The fraction of sp³-hybridized carbons (Fsp3) is 0.500. The van der Waals surface area contributed by atoms with Crippen LogP contribution in [0.5, 0.6) is 0 Å². The molecule has 7 heavy (non-hydrogen) atoms.